The number of nitrogens with one attached hydrogen (secondary N) is 1. The van der Waals surface area contributed by atoms with Gasteiger partial charge in [-0.1, -0.05) is 30.7 Å². The van der Waals surface area contributed by atoms with Crippen LogP contribution in [0.4, 0.5) is 0 Å². The van der Waals surface area contributed by atoms with Crippen molar-refractivity contribution < 1.29 is 9.53 Å². The molecule has 0 aliphatic carbocycles. The molecule has 0 bridgehead atoms. The van der Waals surface area contributed by atoms with Crippen LogP contribution in [0.2, 0.25) is 0 Å². The third-order valence-electron chi connectivity index (χ3n) is 3.15. The number of aryl methyl sites for hydroxylation is 1. The molecule has 0 saturated carbocycles. The summed E-state index contributed by atoms with van der Waals surface area (Å²) in [6.45, 7) is 4.41. The maximum absolute atomic E-state index is 12.2. The van der Waals surface area contributed by atoms with Crippen molar-refractivity contribution in [3.05, 3.63) is 59.9 Å². The van der Waals surface area contributed by atoms with E-state index in [0.29, 0.717) is 18.7 Å². The van der Waals surface area contributed by atoms with Gasteiger partial charge < -0.3 is 10.1 Å². The zero-order valence-corrected chi connectivity index (χ0v) is 12.4. The van der Waals surface area contributed by atoms with E-state index in [9.17, 15) is 4.79 Å². The smallest absolute Gasteiger partial charge is 0.261 e. The first kappa shape index (κ1) is 15.0. The Balaban J connectivity index is 1.90. The number of rotatable bonds is 6. The summed E-state index contributed by atoms with van der Waals surface area (Å²) >= 11 is 0. The van der Waals surface area contributed by atoms with Gasteiger partial charge in [0.15, 0.2) is 6.10 Å². The second-order valence-corrected chi connectivity index (χ2v) is 4.91. The Morgan fingerprint density at radius 1 is 1.29 bits per heavy atom. The highest BCUT2D eigenvalue weighted by molar-refractivity contribution is 5.81. The molecule has 1 amide bonds. The fourth-order valence-corrected chi connectivity index (χ4v) is 1.91. The van der Waals surface area contributed by atoms with E-state index in [2.05, 4.69) is 10.3 Å². The monoisotopic (exact) mass is 284 g/mol. The minimum Gasteiger partial charge on any atom is -0.481 e. The summed E-state index contributed by atoms with van der Waals surface area (Å²) < 4.78 is 5.74. The van der Waals surface area contributed by atoms with Crippen LogP contribution in [0.15, 0.2) is 48.8 Å². The lowest BCUT2D eigenvalue weighted by atomic mass is 10.2. The molecule has 0 spiro atoms. The molecular formula is C17H20N2O2. The van der Waals surface area contributed by atoms with Gasteiger partial charge in [-0.2, -0.15) is 0 Å². The molecule has 2 rings (SSSR count). The number of nitrogens with zero attached hydrogens (tertiary/aromatic N) is 1. The SMILES string of the molecule is CC[C@@H](Oc1ccc(C)cc1)C(=O)NCc1cccnc1. The van der Waals surface area contributed by atoms with E-state index in [4.69, 9.17) is 4.74 Å². The standard InChI is InChI=1S/C17H20N2O2/c1-3-16(21-15-8-6-13(2)7-9-15)17(20)19-12-14-5-4-10-18-11-14/h4-11,16H,3,12H2,1-2H3,(H,19,20)/t16-/m1/s1. The van der Waals surface area contributed by atoms with Gasteiger partial charge in [-0.15, -0.1) is 0 Å². The maximum atomic E-state index is 12.2. The summed E-state index contributed by atoms with van der Waals surface area (Å²) in [6.07, 6.45) is 3.58. The topological polar surface area (TPSA) is 51.2 Å². The molecule has 2 aromatic rings. The Bertz CT molecular complexity index is 567. The van der Waals surface area contributed by atoms with Crippen molar-refractivity contribution in [1.29, 1.82) is 0 Å². The number of amides is 1. The third kappa shape index (κ3) is 4.60. The molecule has 4 nitrogen and oxygen atoms in total. The van der Waals surface area contributed by atoms with Crippen molar-refractivity contribution in [2.24, 2.45) is 0 Å². The van der Waals surface area contributed by atoms with Gasteiger partial charge in [0.05, 0.1) is 0 Å². The van der Waals surface area contributed by atoms with Crippen LogP contribution in [0.1, 0.15) is 24.5 Å². The first-order valence-corrected chi connectivity index (χ1v) is 7.09. The van der Waals surface area contributed by atoms with Crippen molar-refractivity contribution in [2.45, 2.75) is 32.9 Å². The van der Waals surface area contributed by atoms with E-state index in [0.717, 1.165) is 11.1 Å². The lowest BCUT2D eigenvalue weighted by molar-refractivity contribution is -0.128. The Hall–Kier alpha value is -2.36. The zero-order valence-electron chi connectivity index (χ0n) is 12.4. The molecule has 0 unspecified atom stereocenters. The largest absolute Gasteiger partial charge is 0.481 e. The first-order chi connectivity index (χ1) is 10.2. The minimum atomic E-state index is -0.482. The molecule has 0 aliphatic heterocycles. The van der Waals surface area contributed by atoms with Crippen LogP contribution in [0, 0.1) is 6.92 Å². The Morgan fingerprint density at radius 3 is 2.67 bits per heavy atom. The summed E-state index contributed by atoms with van der Waals surface area (Å²) in [5.41, 5.74) is 2.13. The van der Waals surface area contributed by atoms with Crippen LogP contribution in [0.3, 0.4) is 0 Å². The van der Waals surface area contributed by atoms with E-state index in [1.807, 2.05) is 50.2 Å². The van der Waals surface area contributed by atoms with Gasteiger partial charge in [-0.05, 0) is 37.1 Å². The third-order valence-corrected chi connectivity index (χ3v) is 3.15. The van der Waals surface area contributed by atoms with E-state index >= 15 is 0 Å². The zero-order chi connectivity index (χ0) is 15.1. The van der Waals surface area contributed by atoms with Gasteiger partial charge in [-0.25, -0.2) is 0 Å². The van der Waals surface area contributed by atoms with E-state index in [1.54, 1.807) is 12.4 Å². The molecule has 0 saturated heterocycles. The number of hydrogen-bond donors (Lipinski definition) is 1. The second kappa shape index (κ2) is 7.43. The van der Waals surface area contributed by atoms with Crippen molar-refractivity contribution in [3.8, 4) is 5.75 Å². The number of carbonyl (C=O) groups excluding carboxylic acids is 1. The molecule has 1 heterocycles. The molecular weight excluding hydrogens is 264 g/mol. The number of pyridine rings is 1. The van der Waals surface area contributed by atoms with Crippen LogP contribution < -0.4 is 10.1 Å². The van der Waals surface area contributed by atoms with Crippen molar-refractivity contribution >= 4 is 5.91 Å². The molecule has 21 heavy (non-hydrogen) atoms. The highest BCUT2D eigenvalue weighted by Gasteiger charge is 2.17. The molecule has 1 atom stereocenters. The summed E-state index contributed by atoms with van der Waals surface area (Å²) in [4.78, 5) is 16.2. The second-order valence-electron chi connectivity index (χ2n) is 4.91. The van der Waals surface area contributed by atoms with E-state index in [-0.39, 0.29) is 5.91 Å². The van der Waals surface area contributed by atoms with E-state index < -0.39 is 6.10 Å². The van der Waals surface area contributed by atoms with Gasteiger partial charge in [0.1, 0.15) is 5.75 Å². The Morgan fingerprint density at radius 2 is 2.05 bits per heavy atom. The number of carbonyl (C=O) groups is 1. The van der Waals surface area contributed by atoms with Crippen LogP contribution in [0.5, 0.6) is 5.75 Å². The van der Waals surface area contributed by atoms with Crippen molar-refractivity contribution in [3.63, 3.8) is 0 Å². The fraction of sp³-hybridized carbons (Fsp3) is 0.294. The Labute approximate surface area is 125 Å². The summed E-state index contributed by atoms with van der Waals surface area (Å²) in [5, 5.41) is 2.88. The predicted molar refractivity (Wildman–Crippen MR) is 82.0 cm³/mol. The van der Waals surface area contributed by atoms with Crippen LogP contribution >= 0.6 is 0 Å². The summed E-state index contributed by atoms with van der Waals surface area (Å²) in [6, 6.07) is 11.5. The highest BCUT2D eigenvalue weighted by atomic mass is 16.5. The van der Waals surface area contributed by atoms with Gasteiger partial charge in [0.25, 0.3) is 5.91 Å². The maximum Gasteiger partial charge on any atom is 0.261 e. The van der Waals surface area contributed by atoms with Gasteiger partial charge in [-0.3, -0.25) is 9.78 Å². The quantitative estimate of drug-likeness (QED) is 0.887. The van der Waals surface area contributed by atoms with Crippen LogP contribution in [-0.2, 0) is 11.3 Å². The molecule has 0 aliphatic rings. The first-order valence-electron chi connectivity index (χ1n) is 7.09. The highest BCUT2D eigenvalue weighted by Crippen LogP contribution is 2.14. The molecule has 0 fully saturated rings. The van der Waals surface area contributed by atoms with E-state index in [1.165, 1.54) is 0 Å². The normalized spacial score (nSPS) is 11.7. The number of ether oxygens (including phenoxy) is 1. The van der Waals surface area contributed by atoms with Gasteiger partial charge in [0, 0.05) is 18.9 Å². The molecule has 1 aromatic heterocycles. The number of aromatic nitrogens is 1. The van der Waals surface area contributed by atoms with Crippen molar-refractivity contribution in [2.75, 3.05) is 0 Å². The Kier molecular flexibility index (Phi) is 5.32. The lowest BCUT2D eigenvalue weighted by Crippen LogP contribution is -2.37. The van der Waals surface area contributed by atoms with Crippen molar-refractivity contribution in [1.82, 2.24) is 10.3 Å². The summed E-state index contributed by atoms with van der Waals surface area (Å²) in [7, 11) is 0. The average Bonchev–Trinajstić information content (AvgIpc) is 2.53. The fourth-order valence-electron chi connectivity index (χ4n) is 1.91. The van der Waals surface area contributed by atoms with Gasteiger partial charge >= 0.3 is 0 Å². The molecule has 0 radical (unpaired) electrons. The molecule has 4 heteroatoms. The van der Waals surface area contributed by atoms with Crippen LogP contribution in [-0.4, -0.2) is 17.0 Å². The molecule has 1 N–H and O–H groups in total. The molecule has 110 valence electrons. The number of benzene rings is 1. The average molecular weight is 284 g/mol. The summed E-state index contributed by atoms with van der Waals surface area (Å²) in [5.74, 6) is 0.603. The lowest BCUT2D eigenvalue weighted by Gasteiger charge is -2.17. The minimum absolute atomic E-state index is 0.109. The van der Waals surface area contributed by atoms with Gasteiger partial charge in [0.2, 0.25) is 0 Å². The number of hydrogen-bond acceptors (Lipinski definition) is 3. The predicted octanol–water partition coefficient (Wildman–Crippen LogP) is 2.86. The van der Waals surface area contributed by atoms with Crippen LogP contribution in [0.25, 0.3) is 0 Å². The molecule has 1 aromatic carbocycles.